The Bertz CT molecular complexity index is 719. The number of thiocarbonyl (C=S) groups is 1. The highest BCUT2D eigenvalue weighted by Crippen LogP contribution is 2.43. The molecule has 0 unspecified atom stereocenters. The van der Waals surface area contributed by atoms with E-state index in [1.165, 1.54) is 0 Å². The lowest BCUT2D eigenvalue weighted by molar-refractivity contribution is 0.602. The van der Waals surface area contributed by atoms with Gasteiger partial charge in [-0.3, -0.25) is 4.21 Å². The summed E-state index contributed by atoms with van der Waals surface area (Å²) in [5.41, 5.74) is 2.05. The molecular formula is C19H25NOS3. The zero-order chi connectivity index (χ0) is 17.9. The van der Waals surface area contributed by atoms with E-state index >= 15 is 0 Å². The highest BCUT2D eigenvalue weighted by Gasteiger charge is 2.48. The largest absolute Gasteiger partial charge is 0.309 e. The lowest BCUT2D eigenvalue weighted by atomic mass is 10.2. The predicted octanol–water partition coefficient (Wildman–Crippen LogP) is 4.72. The number of rotatable bonds is 5. The number of nitrogens with one attached hydrogen (secondary N) is 1. The van der Waals surface area contributed by atoms with Crippen LogP contribution in [-0.2, 0) is 20.8 Å². The van der Waals surface area contributed by atoms with Crippen LogP contribution in [0.5, 0.6) is 0 Å². The Morgan fingerprint density at radius 3 is 1.62 bits per heavy atom. The first-order chi connectivity index (χ1) is 11.1. The van der Waals surface area contributed by atoms with E-state index < -0.39 is 14.0 Å². The molecule has 0 saturated carbocycles. The van der Waals surface area contributed by atoms with Crippen LogP contribution in [0.2, 0.25) is 0 Å². The van der Waals surface area contributed by atoms with Crippen LogP contribution in [0.1, 0.15) is 31.9 Å². The Morgan fingerprint density at radius 2 is 1.33 bits per heavy atom. The molecule has 0 radical (unpaired) electrons. The van der Waals surface area contributed by atoms with Gasteiger partial charge in [0, 0.05) is 16.3 Å². The van der Waals surface area contributed by atoms with Crippen molar-refractivity contribution in [2.24, 2.45) is 0 Å². The lowest BCUT2D eigenvalue weighted by Gasteiger charge is -2.53. The van der Waals surface area contributed by atoms with Crippen LogP contribution in [-0.4, -0.2) is 13.3 Å². The molecule has 24 heavy (non-hydrogen) atoms. The molecule has 2 rings (SSSR count). The van der Waals surface area contributed by atoms with Crippen LogP contribution in [0.25, 0.3) is 0 Å². The molecule has 130 valence electrons. The summed E-state index contributed by atoms with van der Waals surface area (Å²) in [6.07, 6.45) is 0. The molecule has 5 heteroatoms. The van der Waals surface area contributed by atoms with E-state index in [2.05, 4.69) is 17.4 Å². The number of thiol groups is 1. The molecule has 2 aromatic rings. The van der Waals surface area contributed by atoms with Crippen molar-refractivity contribution in [3.05, 3.63) is 71.8 Å². The van der Waals surface area contributed by atoms with Crippen molar-refractivity contribution in [3.8, 4) is 0 Å². The molecule has 0 spiro atoms. The van der Waals surface area contributed by atoms with Gasteiger partial charge in [0.25, 0.3) is 0 Å². The van der Waals surface area contributed by atoms with Crippen LogP contribution in [0.4, 0.5) is 0 Å². The van der Waals surface area contributed by atoms with Crippen molar-refractivity contribution in [1.29, 1.82) is 0 Å². The molecule has 0 bridgehead atoms. The Labute approximate surface area is 156 Å². The molecule has 0 amide bonds. The van der Waals surface area contributed by atoms with Gasteiger partial charge in [0.05, 0.1) is 0 Å². The Balaban J connectivity index is 2.60. The molecule has 0 aliphatic rings. The first-order valence-corrected chi connectivity index (χ1v) is 11.0. The molecule has 2 nitrogen and oxygen atoms in total. The van der Waals surface area contributed by atoms with E-state index in [4.69, 9.17) is 12.2 Å². The minimum atomic E-state index is -3.45. The van der Waals surface area contributed by atoms with Crippen molar-refractivity contribution >= 4 is 38.4 Å². The Kier molecular flexibility index (Phi) is 5.57. The van der Waals surface area contributed by atoms with Crippen molar-refractivity contribution in [1.82, 2.24) is 4.72 Å². The minimum absolute atomic E-state index is 0.272. The monoisotopic (exact) mass is 379 g/mol. The summed E-state index contributed by atoms with van der Waals surface area (Å²) in [5.74, 6) is 0.828. The van der Waals surface area contributed by atoms with E-state index in [1.807, 2.05) is 81.4 Å². The van der Waals surface area contributed by atoms with Gasteiger partial charge in [0.2, 0.25) is 0 Å². The van der Waals surface area contributed by atoms with Gasteiger partial charge in [-0.15, -0.1) is 12.6 Å². The normalized spacial score (nSPS) is 13.8. The molecule has 0 saturated heterocycles. The van der Waals surface area contributed by atoms with E-state index in [0.29, 0.717) is 11.5 Å². The molecule has 2 aromatic carbocycles. The van der Waals surface area contributed by atoms with Crippen molar-refractivity contribution in [2.75, 3.05) is 0 Å². The highest BCUT2D eigenvalue weighted by atomic mass is 32.3. The fourth-order valence-corrected chi connectivity index (χ4v) is 7.60. The number of benzene rings is 2. The summed E-state index contributed by atoms with van der Waals surface area (Å²) in [4.78, 5) is 0. The van der Waals surface area contributed by atoms with Gasteiger partial charge in [-0.05, 0) is 41.1 Å². The molecule has 0 heterocycles. The number of hydrogen-bond donors (Lipinski definition) is 2. The van der Waals surface area contributed by atoms with Gasteiger partial charge in [-0.1, -0.05) is 72.9 Å². The van der Waals surface area contributed by atoms with Gasteiger partial charge in [-0.25, -0.2) is 0 Å². The van der Waals surface area contributed by atoms with E-state index in [9.17, 15) is 4.21 Å². The Morgan fingerprint density at radius 1 is 0.958 bits per heavy atom. The van der Waals surface area contributed by atoms with Crippen molar-refractivity contribution in [2.45, 2.75) is 37.0 Å². The minimum Gasteiger partial charge on any atom is -0.309 e. The first kappa shape index (κ1) is 19.2. The average molecular weight is 380 g/mol. The zero-order valence-corrected chi connectivity index (χ0v) is 16.9. The first-order valence-electron chi connectivity index (χ1n) is 7.86. The molecule has 0 aliphatic carbocycles. The van der Waals surface area contributed by atoms with E-state index in [0.717, 1.165) is 11.1 Å². The quantitative estimate of drug-likeness (QED) is 0.581. The Hall–Kier alpha value is -1.17. The number of hydrogen-bond acceptors (Lipinski definition) is 2. The maximum Gasteiger partial charge on any atom is 0.141 e. The second kappa shape index (κ2) is 6.98. The van der Waals surface area contributed by atoms with Crippen LogP contribution < -0.4 is 4.72 Å². The van der Waals surface area contributed by atoms with Gasteiger partial charge in [0.1, 0.15) is 4.32 Å². The van der Waals surface area contributed by atoms with Crippen molar-refractivity contribution in [3.63, 3.8) is 0 Å². The molecule has 0 aromatic heterocycles. The molecule has 1 N–H and O–H groups in total. The fourth-order valence-electron chi connectivity index (χ4n) is 2.77. The summed E-state index contributed by atoms with van der Waals surface area (Å²) in [5, 5.41) is 0. The summed E-state index contributed by atoms with van der Waals surface area (Å²) < 4.78 is 17.6. The summed E-state index contributed by atoms with van der Waals surface area (Å²) in [6, 6.07) is 19.8. The van der Waals surface area contributed by atoms with E-state index in [1.54, 1.807) is 0 Å². The lowest BCUT2D eigenvalue weighted by Crippen LogP contribution is -2.63. The second-order valence-corrected chi connectivity index (χ2v) is 12.8. The summed E-state index contributed by atoms with van der Waals surface area (Å²) in [6.45, 7) is 6.02. The smallest absolute Gasteiger partial charge is 0.141 e. The molecular weight excluding hydrogens is 354 g/mol. The maximum absolute atomic E-state index is 14.7. The second-order valence-electron chi connectivity index (χ2n) is 7.07. The fraction of sp³-hybridized carbons (Fsp3) is 0.316. The maximum atomic E-state index is 14.7. The third-order valence-corrected chi connectivity index (χ3v) is 10.3. The third-order valence-electron chi connectivity index (χ3n) is 4.38. The highest BCUT2D eigenvalue weighted by molar-refractivity contribution is 8.21. The predicted molar refractivity (Wildman–Crippen MR) is 113 cm³/mol. The third kappa shape index (κ3) is 4.08. The van der Waals surface area contributed by atoms with Crippen molar-refractivity contribution < 1.29 is 4.21 Å². The SMILES string of the molecule is CC(C)(C)S(=O)(Cc1ccccc1)(Cc1ccccc1)NC(=S)S. The van der Waals surface area contributed by atoms with Gasteiger partial charge in [0.15, 0.2) is 0 Å². The van der Waals surface area contributed by atoms with Gasteiger partial charge in [-0.2, -0.15) is 0 Å². The molecule has 0 fully saturated rings. The average Bonchev–Trinajstić information content (AvgIpc) is 2.47. The molecule has 0 aliphatic heterocycles. The zero-order valence-electron chi connectivity index (χ0n) is 14.4. The molecule has 0 atom stereocenters. The van der Waals surface area contributed by atoms with Crippen LogP contribution in [0.3, 0.4) is 0 Å². The summed E-state index contributed by atoms with van der Waals surface area (Å²) >= 11 is 9.45. The van der Waals surface area contributed by atoms with Crippen LogP contribution in [0.15, 0.2) is 60.7 Å². The van der Waals surface area contributed by atoms with E-state index in [-0.39, 0.29) is 4.32 Å². The standard InChI is InChI=1S/C19H25NOS3/c1-19(2,3)24(21,20-18(22)23,14-16-10-6-4-7-11-16)15-17-12-8-5-9-13-17/h4-13H,14-15H2,1-3H3,(H2,20,21,22,23). The van der Waals surface area contributed by atoms with Gasteiger partial charge >= 0.3 is 0 Å². The summed E-state index contributed by atoms with van der Waals surface area (Å²) in [7, 11) is -3.45. The van der Waals surface area contributed by atoms with Crippen LogP contribution in [0, 0.1) is 0 Å². The topological polar surface area (TPSA) is 29.1 Å². The van der Waals surface area contributed by atoms with Gasteiger partial charge < -0.3 is 4.72 Å². The van der Waals surface area contributed by atoms with Crippen LogP contribution >= 0.6 is 24.8 Å².